The summed E-state index contributed by atoms with van der Waals surface area (Å²) >= 11 is 0. The summed E-state index contributed by atoms with van der Waals surface area (Å²) in [6.07, 6.45) is 3.55. The smallest absolute Gasteiger partial charge is 0.185 e. The zero-order valence-electron chi connectivity index (χ0n) is 8.06. The van der Waals surface area contributed by atoms with E-state index in [4.69, 9.17) is 0 Å². The minimum atomic E-state index is -0.463. The minimum absolute atomic E-state index is 0.145. The van der Waals surface area contributed by atoms with Crippen LogP contribution >= 0.6 is 0 Å². The number of aromatic nitrogens is 1. The second kappa shape index (κ2) is 4.09. The lowest BCUT2D eigenvalue weighted by atomic mass is 10.1. The second-order valence-electron chi connectivity index (χ2n) is 3.26. The number of carbonyl (C=O) groups excluding carboxylic acids is 1. The van der Waals surface area contributed by atoms with Crippen LogP contribution in [0, 0.1) is 5.82 Å². The minimum Gasteiger partial charge on any atom is -0.347 e. The quantitative estimate of drug-likeness (QED) is 0.702. The van der Waals surface area contributed by atoms with E-state index in [1.165, 1.54) is 12.1 Å². The molecule has 0 aliphatic carbocycles. The summed E-state index contributed by atoms with van der Waals surface area (Å²) in [4.78, 5) is 11.7. The van der Waals surface area contributed by atoms with Crippen LogP contribution in [0.25, 0.3) is 0 Å². The number of halogens is 1. The normalized spacial score (nSPS) is 10.2. The maximum Gasteiger partial charge on any atom is 0.185 e. The summed E-state index contributed by atoms with van der Waals surface area (Å²) in [5.74, 6) is -0.682. The van der Waals surface area contributed by atoms with Gasteiger partial charge in [-0.3, -0.25) is 4.79 Å². The van der Waals surface area contributed by atoms with Gasteiger partial charge in [0.05, 0.1) is 12.1 Å². The van der Waals surface area contributed by atoms with E-state index in [1.807, 2.05) is 12.1 Å². The summed E-state index contributed by atoms with van der Waals surface area (Å²) in [5, 5.41) is 0. The van der Waals surface area contributed by atoms with Gasteiger partial charge in [0.25, 0.3) is 0 Å². The van der Waals surface area contributed by atoms with Crippen LogP contribution in [0.3, 0.4) is 0 Å². The summed E-state index contributed by atoms with van der Waals surface area (Å²) in [6.45, 7) is 0.175. The van der Waals surface area contributed by atoms with Crippen molar-refractivity contribution in [2.45, 2.75) is 6.54 Å². The van der Waals surface area contributed by atoms with Crippen molar-refractivity contribution in [1.29, 1.82) is 0 Å². The Morgan fingerprint density at radius 1 is 1.13 bits per heavy atom. The lowest BCUT2D eigenvalue weighted by Crippen LogP contribution is -2.10. The average Bonchev–Trinajstić information content (AvgIpc) is 2.71. The Bertz CT molecular complexity index is 462. The predicted octanol–water partition coefficient (Wildman–Crippen LogP) is 2.51. The average molecular weight is 203 g/mol. The van der Waals surface area contributed by atoms with Gasteiger partial charge in [0.1, 0.15) is 5.82 Å². The van der Waals surface area contributed by atoms with Gasteiger partial charge in [0.2, 0.25) is 0 Å². The first-order chi connectivity index (χ1) is 7.27. The molecular weight excluding hydrogens is 193 g/mol. The molecule has 0 aliphatic rings. The van der Waals surface area contributed by atoms with Crippen LogP contribution < -0.4 is 0 Å². The van der Waals surface area contributed by atoms with E-state index in [9.17, 15) is 9.18 Å². The van der Waals surface area contributed by atoms with Crippen molar-refractivity contribution in [2.75, 3.05) is 0 Å². The zero-order chi connectivity index (χ0) is 10.7. The van der Waals surface area contributed by atoms with E-state index in [2.05, 4.69) is 0 Å². The topological polar surface area (TPSA) is 22.0 Å². The lowest BCUT2D eigenvalue weighted by molar-refractivity contribution is 0.0968. The first kappa shape index (κ1) is 9.65. The van der Waals surface area contributed by atoms with Gasteiger partial charge in [-0.25, -0.2) is 4.39 Å². The molecule has 3 heteroatoms. The molecule has 0 saturated heterocycles. The van der Waals surface area contributed by atoms with Crippen molar-refractivity contribution in [3.05, 3.63) is 60.2 Å². The third-order valence-electron chi connectivity index (χ3n) is 2.17. The molecule has 0 N–H and O–H groups in total. The number of hydrogen-bond donors (Lipinski definition) is 0. The van der Waals surface area contributed by atoms with Crippen LogP contribution in [-0.4, -0.2) is 10.4 Å². The van der Waals surface area contributed by atoms with Gasteiger partial charge >= 0.3 is 0 Å². The fourth-order valence-electron chi connectivity index (χ4n) is 1.41. The highest BCUT2D eigenvalue weighted by Crippen LogP contribution is 2.08. The Hall–Kier alpha value is -1.90. The highest BCUT2D eigenvalue weighted by Gasteiger charge is 2.10. The number of hydrogen-bond acceptors (Lipinski definition) is 1. The summed E-state index contributed by atoms with van der Waals surface area (Å²) in [5.41, 5.74) is 0.145. The Morgan fingerprint density at radius 2 is 1.80 bits per heavy atom. The molecule has 0 unspecified atom stereocenters. The van der Waals surface area contributed by atoms with E-state index in [1.54, 1.807) is 29.1 Å². The molecule has 0 saturated carbocycles. The first-order valence-electron chi connectivity index (χ1n) is 4.66. The van der Waals surface area contributed by atoms with Gasteiger partial charge in [-0.15, -0.1) is 0 Å². The van der Waals surface area contributed by atoms with E-state index >= 15 is 0 Å². The molecule has 0 atom stereocenters. The van der Waals surface area contributed by atoms with Crippen LogP contribution in [0.15, 0.2) is 48.8 Å². The monoisotopic (exact) mass is 203 g/mol. The van der Waals surface area contributed by atoms with Crippen molar-refractivity contribution >= 4 is 5.78 Å². The highest BCUT2D eigenvalue weighted by atomic mass is 19.1. The van der Waals surface area contributed by atoms with E-state index in [-0.39, 0.29) is 17.9 Å². The Balaban J connectivity index is 2.19. The Kier molecular flexibility index (Phi) is 2.63. The van der Waals surface area contributed by atoms with Gasteiger partial charge in [-0.05, 0) is 24.3 Å². The molecule has 0 aliphatic heterocycles. The molecule has 0 fully saturated rings. The van der Waals surface area contributed by atoms with E-state index in [0.29, 0.717) is 0 Å². The number of carbonyl (C=O) groups is 1. The third-order valence-corrected chi connectivity index (χ3v) is 2.17. The zero-order valence-corrected chi connectivity index (χ0v) is 8.06. The molecule has 2 nitrogen and oxygen atoms in total. The van der Waals surface area contributed by atoms with Crippen LogP contribution in [0.1, 0.15) is 10.4 Å². The molecule has 0 spiro atoms. The van der Waals surface area contributed by atoms with Crippen molar-refractivity contribution in [3.63, 3.8) is 0 Å². The molecule has 1 aromatic carbocycles. The predicted molar refractivity (Wildman–Crippen MR) is 55.2 cm³/mol. The van der Waals surface area contributed by atoms with Crippen LogP contribution in [0.2, 0.25) is 0 Å². The van der Waals surface area contributed by atoms with Crippen molar-refractivity contribution in [1.82, 2.24) is 4.57 Å². The van der Waals surface area contributed by atoms with Crippen molar-refractivity contribution < 1.29 is 9.18 Å². The SMILES string of the molecule is O=C(Cn1cccc1)c1ccccc1F. The molecule has 1 heterocycles. The van der Waals surface area contributed by atoms with Gasteiger partial charge < -0.3 is 4.57 Å². The number of benzene rings is 1. The standard InChI is InChI=1S/C12H10FNO/c13-11-6-2-1-5-10(11)12(15)9-14-7-3-4-8-14/h1-8H,9H2. The second-order valence-corrected chi connectivity index (χ2v) is 3.26. The number of ketones is 1. The molecule has 0 radical (unpaired) electrons. The van der Waals surface area contributed by atoms with Crippen molar-refractivity contribution in [2.24, 2.45) is 0 Å². The van der Waals surface area contributed by atoms with E-state index < -0.39 is 5.82 Å². The maximum atomic E-state index is 13.2. The van der Waals surface area contributed by atoms with Crippen molar-refractivity contribution in [3.8, 4) is 0 Å². The molecular formula is C12H10FNO. The van der Waals surface area contributed by atoms with Gasteiger partial charge in [-0.2, -0.15) is 0 Å². The summed E-state index contributed by atoms with van der Waals surface area (Å²) in [7, 11) is 0. The van der Waals surface area contributed by atoms with Crippen LogP contribution in [0.5, 0.6) is 0 Å². The highest BCUT2D eigenvalue weighted by molar-refractivity contribution is 5.96. The Labute approximate surface area is 87.0 Å². The summed E-state index contributed by atoms with van der Waals surface area (Å²) < 4.78 is 15.0. The molecule has 0 bridgehead atoms. The number of rotatable bonds is 3. The largest absolute Gasteiger partial charge is 0.347 e. The first-order valence-corrected chi connectivity index (χ1v) is 4.66. The number of Topliss-reactive ketones (excluding diaryl/α,β-unsaturated/α-hetero) is 1. The maximum absolute atomic E-state index is 13.2. The van der Waals surface area contributed by atoms with Gasteiger partial charge in [0.15, 0.2) is 5.78 Å². The van der Waals surface area contributed by atoms with Gasteiger partial charge in [0, 0.05) is 12.4 Å². The molecule has 0 amide bonds. The number of nitrogens with zero attached hydrogens (tertiary/aromatic N) is 1. The fraction of sp³-hybridized carbons (Fsp3) is 0.0833. The fourth-order valence-corrected chi connectivity index (χ4v) is 1.41. The molecule has 2 aromatic rings. The molecule has 1 aromatic heterocycles. The molecule has 76 valence electrons. The van der Waals surface area contributed by atoms with Gasteiger partial charge in [-0.1, -0.05) is 12.1 Å². The summed E-state index contributed by atoms with van der Waals surface area (Å²) in [6, 6.07) is 9.68. The molecule has 15 heavy (non-hydrogen) atoms. The van der Waals surface area contributed by atoms with Crippen LogP contribution in [-0.2, 0) is 6.54 Å². The lowest BCUT2D eigenvalue weighted by Gasteiger charge is -2.03. The molecule has 2 rings (SSSR count). The van der Waals surface area contributed by atoms with E-state index in [0.717, 1.165) is 0 Å². The van der Waals surface area contributed by atoms with Crippen LogP contribution in [0.4, 0.5) is 4.39 Å². The third kappa shape index (κ3) is 2.13. The Morgan fingerprint density at radius 3 is 2.47 bits per heavy atom.